The van der Waals surface area contributed by atoms with E-state index in [2.05, 4.69) is 25.4 Å². The zero-order chi connectivity index (χ0) is 34.0. The largest absolute Gasteiger partial charge is 0.493 e. The van der Waals surface area contributed by atoms with Crippen molar-refractivity contribution in [3.63, 3.8) is 0 Å². The quantitative estimate of drug-likeness (QED) is 0.199. The van der Waals surface area contributed by atoms with Gasteiger partial charge in [0.15, 0.2) is 23.1 Å². The van der Waals surface area contributed by atoms with Crippen molar-refractivity contribution in [2.45, 2.75) is 18.9 Å². The number of aromatic nitrogens is 1. The van der Waals surface area contributed by atoms with Gasteiger partial charge in [-0.05, 0) is 61.4 Å². The van der Waals surface area contributed by atoms with Crippen molar-refractivity contribution in [3.8, 4) is 23.0 Å². The molecule has 2 amide bonds. The standard InChI is InChI=1S/C36H37F2N5O6/c1-46-32-19-27-29(20-33(32)48-17-12-42-21-26(22-42)43-13-15-47-16-14-43)39-11-8-30(27)49-31-7-6-25(18-28(31)38)41-35(45)36(9-10-36)34(44)40-24-4-2-23(37)3-5-24/h2-8,11,18-20,26H,9-10,12-17,21-22H2,1H3,(H,40,44)(H,41,45). The lowest BCUT2D eigenvalue weighted by Crippen LogP contribution is -2.61. The van der Waals surface area contributed by atoms with Crippen LogP contribution in [0, 0.1) is 17.0 Å². The molecule has 0 bridgehead atoms. The molecule has 13 heteroatoms. The number of nitrogens with zero attached hydrogens (tertiary/aromatic N) is 3. The van der Waals surface area contributed by atoms with Gasteiger partial charge in [0.25, 0.3) is 0 Å². The number of carbonyl (C=O) groups excluding carboxylic acids is 2. The second-order valence-corrected chi connectivity index (χ2v) is 12.5. The zero-order valence-corrected chi connectivity index (χ0v) is 27.0. The second kappa shape index (κ2) is 13.9. The van der Waals surface area contributed by atoms with E-state index in [0.29, 0.717) is 59.3 Å². The predicted octanol–water partition coefficient (Wildman–Crippen LogP) is 5.07. The Morgan fingerprint density at radius 1 is 0.898 bits per heavy atom. The number of methoxy groups -OCH3 is 1. The third-order valence-electron chi connectivity index (χ3n) is 9.28. The number of amides is 2. The van der Waals surface area contributed by atoms with Gasteiger partial charge < -0.3 is 29.6 Å². The van der Waals surface area contributed by atoms with E-state index in [-0.39, 0.29) is 11.4 Å². The van der Waals surface area contributed by atoms with Crippen molar-refractivity contribution in [1.82, 2.24) is 14.8 Å². The van der Waals surface area contributed by atoms with Crippen LogP contribution in [-0.4, -0.2) is 92.3 Å². The van der Waals surface area contributed by atoms with Gasteiger partial charge in [0.05, 0.1) is 25.8 Å². The lowest BCUT2D eigenvalue weighted by molar-refractivity contribution is -0.131. The Labute approximate surface area is 282 Å². The van der Waals surface area contributed by atoms with Gasteiger partial charge in [-0.3, -0.25) is 24.4 Å². The van der Waals surface area contributed by atoms with Crippen molar-refractivity contribution in [3.05, 3.63) is 78.5 Å². The Morgan fingerprint density at radius 2 is 1.61 bits per heavy atom. The Kier molecular flexibility index (Phi) is 9.30. The minimum absolute atomic E-state index is 0.0649. The summed E-state index contributed by atoms with van der Waals surface area (Å²) in [6.45, 7) is 6.89. The maximum atomic E-state index is 15.3. The molecule has 0 radical (unpaired) electrons. The molecule has 3 heterocycles. The average Bonchev–Trinajstić information content (AvgIpc) is 3.91. The molecular formula is C36H37F2N5O6. The molecule has 1 aromatic heterocycles. The van der Waals surface area contributed by atoms with Crippen LogP contribution in [0.5, 0.6) is 23.0 Å². The summed E-state index contributed by atoms with van der Waals surface area (Å²) in [5, 5.41) is 5.90. The van der Waals surface area contributed by atoms with E-state index in [1.807, 2.05) is 0 Å². The molecule has 3 fully saturated rings. The van der Waals surface area contributed by atoms with Gasteiger partial charge in [0.1, 0.15) is 23.6 Å². The van der Waals surface area contributed by atoms with E-state index < -0.39 is 28.9 Å². The first-order valence-electron chi connectivity index (χ1n) is 16.3. The number of nitrogens with one attached hydrogen (secondary N) is 2. The fourth-order valence-corrected chi connectivity index (χ4v) is 6.17. The molecule has 7 rings (SSSR count). The van der Waals surface area contributed by atoms with E-state index in [9.17, 15) is 14.0 Å². The number of carbonyl (C=O) groups is 2. The molecule has 0 spiro atoms. The molecular weight excluding hydrogens is 636 g/mol. The van der Waals surface area contributed by atoms with Crippen LogP contribution < -0.4 is 24.8 Å². The first-order chi connectivity index (χ1) is 23.8. The molecule has 11 nitrogen and oxygen atoms in total. The molecule has 4 aromatic rings. The van der Waals surface area contributed by atoms with Crippen molar-refractivity contribution in [2.75, 3.05) is 70.3 Å². The summed E-state index contributed by atoms with van der Waals surface area (Å²) in [6, 6.07) is 15.1. The monoisotopic (exact) mass is 673 g/mol. The molecule has 256 valence electrons. The van der Waals surface area contributed by atoms with Crippen LogP contribution in [0.4, 0.5) is 20.2 Å². The van der Waals surface area contributed by atoms with Crippen molar-refractivity contribution in [1.29, 1.82) is 0 Å². The van der Waals surface area contributed by atoms with Gasteiger partial charge >= 0.3 is 0 Å². The Morgan fingerprint density at radius 3 is 2.31 bits per heavy atom. The number of fused-ring (bicyclic) bond motifs is 1. The second-order valence-electron chi connectivity index (χ2n) is 12.5. The summed E-state index contributed by atoms with van der Waals surface area (Å²) in [5.74, 6) is -0.857. The SMILES string of the molecule is COc1cc2c(Oc3ccc(NC(=O)C4(C(=O)Nc5ccc(F)cc5)CC4)cc3F)ccnc2cc1OCCN1CC(N2CCOCC2)C1. The van der Waals surface area contributed by atoms with Crippen LogP contribution in [0.3, 0.4) is 0 Å². The summed E-state index contributed by atoms with van der Waals surface area (Å²) in [6.07, 6.45) is 2.25. The van der Waals surface area contributed by atoms with Gasteiger partial charge in [-0.2, -0.15) is 0 Å². The van der Waals surface area contributed by atoms with Gasteiger partial charge in [0, 0.05) is 73.9 Å². The number of benzene rings is 3. The first-order valence-corrected chi connectivity index (χ1v) is 16.3. The third-order valence-corrected chi connectivity index (χ3v) is 9.28. The molecule has 1 saturated carbocycles. The number of ether oxygens (including phenoxy) is 4. The number of anilines is 2. The average molecular weight is 674 g/mol. The molecule has 0 unspecified atom stereocenters. The van der Waals surface area contributed by atoms with E-state index >= 15 is 4.39 Å². The number of pyridine rings is 1. The molecule has 2 saturated heterocycles. The molecule has 0 atom stereocenters. The number of halogens is 2. The van der Waals surface area contributed by atoms with Crippen LogP contribution in [0.2, 0.25) is 0 Å². The molecule has 2 N–H and O–H groups in total. The van der Waals surface area contributed by atoms with Crippen LogP contribution in [0.1, 0.15) is 12.8 Å². The molecule has 2 aliphatic heterocycles. The highest BCUT2D eigenvalue weighted by atomic mass is 19.1. The van der Waals surface area contributed by atoms with Gasteiger partial charge in [-0.25, -0.2) is 8.78 Å². The summed E-state index contributed by atoms with van der Waals surface area (Å²) in [4.78, 5) is 35.3. The van der Waals surface area contributed by atoms with E-state index in [1.165, 1.54) is 36.4 Å². The molecule has 3 aromatic carbocycles. The van der Waals surface area contributed by atoms with E-state index in [0.717, 1.165) is 52.0 Å². The van der Waals surface area contributed by atoms with Gasteiger partial charge in [-0.1, -0.05) is 0 Å². The normalized spacial score (nSPS) is 17.6. The zero-order valence-electron chi connectivity index (χ0n) is 27.0. The number of hydrogen-bond acceptors (Lipinski definition) is 9. The van der Waals surface area contributed by atoms with Crippen LogP contribution >= 0.6 is 0 Å². The number of morpholine rings is 1. The Bertz CT molecular complexity index is 1840. The Hall–Kier alpha value is -4.85. The maximum absolute atomic E-state index is 15.3. The van der Waals surface area contributed by atoms with E-state index in [1.54, 1.807) is 31.5 Å². The minimum Gasteiger partial charge on any atom is -0.493 e. The maximum Gasteiger partial charge on any atom is 0.240 e. The van der Waals surface area contributed by atoms with Gasteiger partial charge in [-0.15, -0.1) is 0 Å². The van der Waals surface area contributed by atoms with Crippen LogP contribution in [0.15, 0.2) is 66.9 Å². The lowest BCUT2D eigenvalue weighted by atomic mass is 10.0. The summed E-state index contributed by atoms with van der Waals surface area (Å²) >= 11 is 0. The van der Waals surface area contributed by atoms with E-state index in [4.69, 9.17) is 18.9 Å². The highest BCUT2D eigenvalue weighted by Crippen LogP contribution is 2.47. The minimum atomic E-state index is -1.28. The third kappa shape index (κ3) is 7.14. The van der Waals surface area contributed by atoms with Crippen molar-refractivity contribution >= 4 is 34.1 Å². The fourth-order valence-electron chi connectivity index (χ4n) is 6.17. The lowest BCUT2D eigenvalue weighted by Gasteiger charge is -2.46. The number of hydrogen-bond donors (Lipinski definition) is 2. The molecule has 3 aliphatic rings. The topological polar surface area (TPSA) is 114 Å². The summed E-state index contributed by atoms with van der Waals surface area (Å²) in [5.41, 5.74) is -0.141. The van der Waals surface area contributed by atoms with Crippen LogP contribution in [-0.2, 0) is 14.3 Å². The van der Waals surface area contributed by atoms with Gasteiger partial charge in [0.2, 0.25) is 11.8 Å². The highest BCUT2D eigenvalue weighted by Gasteiger charge is 2.56. The number of rotatable bonds is 12. The first kappa shape index (κ1) is 32.7. The molecule has 49 heavy (non-hydrogen) atoms. The fraction of sp³-hybridized carbons (Fsp3) is 0.361. The van der Waals surface area contributed by atoms with Crippen molar-refractivity contribution in [2.24, 2.45) is 5.41 Å². The predicted molar refractivity (Wildman–Crippen MR) is 178 cm³/mol. The smallest absolute Gasteiger partial charge is 0.240 e. The van der Waals surface area contributed by atoms with Crippen LogP contribution in [0.25, 0.3) is 10.9 Å². The molecule has 1 aliphatic carbocycles. The number of likely N-dealkylation sites (tertiary alicyclic amines) is 1. The Balaban J connectivity index is 0.968. The summed E-state index contributed by atoms with van der Waals surface area (Å²) in [7, 11) is 1.55. The highest BCUT2D eigenvalue weighted by molar-refractivity contribution is 6.16. The summed E-state index contributed by atoms with van der Waals surface area (Å²) < 4.78 is 51.7. The van der Waals surface area contributed by atoms with Crippen molar-refractivity contribution < 1.29 is 37.3 Å².